The Labute approximate surface area is 298 Å². The smallest absolute Gasteiger partial charge is 0.0640 e. The standard InChI is InChI=1S/C48H30N2S/c1-2-12-31(13-3-1)33-14-10-15-34(30-33)32-24-26-35(27-25-32)49-40-20-7-4-17-38(40)46-42(49)28-29-43-47(46)39-18-5-8-21-41(39)50(43)44-22-11-19-37-36-16-6-9-23-45(36)51-48(37)44/h1-30H. The van der Waals surface area contributed by atoms with Crippen molar-refractivity contribution in [3.05, 3.63) is 182 Å². The maximum absolute atomic E-state index is 2.49. The summed E-state index contributed by atoms with van der Waals surface area (Å²) >= 11 is 1.89. The second kappa shape index (κ2) is 11.0. The van der Waals surface area contributed by atoms with Crippen LogP contribution in [0, 0.1) is 0 Å². The van der Waals surface area contributed by atoms with E-state index in [1.54, 1.807) is 0 Å². The summed E-state index contributed by atoms with van der Waals surface area (Å²) in [7, 11) is 0. The number of hydrogen-bond donors (Lipinski definition) is 0. The van der Waals surface area contributed by atoms with Crippen LogP contribution in [0.3, 0.4) is 0 Å². The van der Waals surface area contributed by atoms with E-state index in [4.69, 9.17) is 0 Å². The number of benzene rings is 8. The van der Waals surface area contributed by atoms with E-state index in [0.29, 0.717) is 0 Å². The van der Waals surface area contributed by atoms with Crippen molar-refractivity contribution in [3.63, 3.8) is 0 Å². The molecule has 11 rings (SSSR count). The molecule has 3 aromatic heterocycles. The van der Waals surface area contributed by atoms with E-state index in [2.05, 4.69) is 191 Å². The van der Waals surface area contributed by atoms with E-state index in [0.717, 1.165) is 5.69 Å². The molecule has 0 aliphatic carbocycles. The molecule has 0 radical (unpaired) electrons. The van der Waals surface area contributed by atoms with Gasteiger partial charge in [0.2, 0.25) is 0 Å². The van der Waals surface area contributed by atoms with Crippen molar-refractivity contribution in [2.24, 2.45) is 0 Å². The zero-order chi connectivity index (χ0) is 33.5. The lowest BCUT2D eigenvalue weighted by molar-refractivity contribution is 1.18. The summed E-state index contributed by atoms with van der Waals surface area (Å²) in [6.07, 6.45) is 0. The molecular weight excluding hydrogens is 637 g/mol. The topological polar surface area (TPSA) is 9.86 Å². The highest BCUT2D eigenvalue weighted by molar-refractivity contribution is 7.26. The van der Waals surface area contributed by atoms with Gasteiger partial charge >= 0.3 is 0 Å². The molecule has 3 heterocycles. The molecule has 0 unspecified atom stereocenters. The molecule has 0 saturated carbocycles. The molecule has 238 valence electrons. The summed E-state index contributed by atoms with van der Waals surface area (Å²) in [5, 5.41) is 7.76. The molecule has 0 spiro atoms. The normalized spacial score (nSPS) is 11.9. The quantitative estimate of drug-likeness (QED) is 0.177. The first-order valence-corrected chi connectivity index (χ1v) is 18.3. The van der Waals surface area contributed by atoms with Crippen molar-refractivity contribution in [2.75, 3.05) is 0 Å². The van der Waals surface area contributed by atoms with Gasteiger partial charge in [-0.3, -0.25) is 0 Å². The highest BCUT2D eigenvalue weighted by atomic mass is 32.1. The summed E-state index contributed by atoms with van der Waals surface area (Å²) in [4.78, 5) is 0. The molecule has 0 N–H and O–H groups in total. The van der Waals surface area contributed by atoms with Crippen molar-refractivity contribution < 1.29 is 0 Å². The van der Waals surface area contributed by atoms with Crippen LogP contribution in [0.4, 0.5) is 0 Å². The predicted molar refractivity (Wildman–Crippen MR) is 219 cm³/mol. The van der Waals surface area contributed by atoms with Crippen LogP contribution in [0.2, 0.25) is 0 Å². The second-order valence-corrected chi connectivity index (χ2v) is 14.4. The van der Waals surface area contributed by atoms with Crippen LogP contribution in [-0.4, -0.2) is 9.13 Å². The summed E-state index contributed by atoms with van der Waals surface area (Å²) in [5.41, 5.74) is 12.1. The fourth-order valence-corrected chi connectivity index (χ4v) is 9.48. The van der Waals surface area contributed by atoms with Gasteiger partial charge in [0, 0.05) is 42.7 Å². The monoisotopic (exact) mass is 666 g/mol. The van der Waals surface area contributed by atoms with Crippen molar-refractivity contribution in [2.45, 2.75) is 0 Å². The number of rotatable bonds is 4. The van der Waals surface area contributed by atoms with E-state index in [1.807, 2.05) is 11.3 Å². The molecule has 0 saturated heterocycles. The van der Waals surface area contributed by atoms with Crippen LogP contribution in [0.5, 0.6) is 0 Å². The van der Waals surface area contributed by atoms with E-state index < -0.39 is 0 Å². The van der Waals surface area contributed by atoms with E-state index >= 15 is 0 Å². The molecule has 51 heavy (non-hydrogen) atoms. The Morgan fingerprint density at radius 1 is 0.333 bits per heavy atom. The Balaban J connectivity index is 1.13. The first-order chi connectivity index (χ1) is 25.3. The van der Waals surface area contributed by atoms with Crippen molar-refractivity contribution >= 4 is 75.1 Å². The Hall–Kier alpha value is -6.42. The highest BCUT2D eigenvalue weighted by Crippen LogP contribution is 2.45. The Morgan fingerprint density at radius 3 is 1.59 bits per heavy atom. The van der Waals surface area contributed by atoms with Crippen LogP contribution < -0.4 is 0 Å². The SMILES string of the molecule is c1ccc(-c2cccc(-c3ccc(-n4c5ccccc5c5c6c7ccccc7n(-c7cccc8c7sc7ccccc78)c6ccc54)cc3)c2)cc1. The van der Waals surface area contributed by atoms with Gasteiger partial charge < -0.3 is 9.13 Å². The van der Waals surface area contributed by atoms with Crippen molar-refractivity contribution in [3.8, 4) is 33.6 Å². The Bertz CT molecular complexity index is 3120. The molecule has 0 aliphatic heterocycles. The fraction of sp³-hybridized carbons (Fsp3) is 0. The van der Waals surface area contributed by atoms with Gasteiger partial charge in [-0.25, -0.2) is 0 Å². The van der Waals surface area contributed by atoms with Gasteiger partial charge in [0.05, 0.1) is 32.5 Å². The molecule has 0 atom stereocenters. The lowest BCUT2D eigenvalue weighted by Gasteiger charge is -2.11. The maximum Gasteiger partial charge on any atom is 0.0640 e. The average Bonchev–Trinajstić information content (AvgIpc) is 3.86. The van der Waals surface area contributed by atoms with Crippen LogP contribution in [0.15, 0.2) is 182 Å². The third-order valence-corrected chi connectivity index (χ3v) is 11.7. The zero-order valence-electron chi connectivity index (χ0n) is 27.6. The van der Waals surface area contributed by atoms with Gasteiger partial charge in [-0.05, 0) is 76.9 Å². The Kier molecular flexibility index (Phi) is 6.16. The molecule has 0 bridgehead atoms. The van der Waals surface area contributed by atoms with Crippen LogP contribution in [0.1, 0.15) is 0 Å². The fourth-order valence-electron chi connectivity index (χ4n) is 8.28. The zero-order valence-corrected chi connectivity index (χ0v) is 28.4. The molecule has 3 heteroatoms. The van der Waals surface area contributed by atoms with Gasteiger partial charge in [0.25, 0.3) is 0 Å². The first kappa shape index (κ1) is 28.4. The number of hydrogen-bond acceptors (Lipinski definition) is 1. The maximum atomic E-state index is 2.49. The summed E-state index contributed by atoms with van der Waals surface area (Å²) in [6.45, 7) is 0. The number of nitrogens with zero attached hydrogens (tertiary/aromatic N) is 2. The molecule has 8 aromatic carbocycles. The van der Waals surface area contributed by atoms with Gasteiger partial charge in [-0.2, -0.15) is 0 Å². The molecule has 2 nitrogen and oxygen atoms in total. The van der Waals surface area contributed by atoms with E-state index in [9.17, 15) is 0 Å². The minimum absolute atomic E-state index is 1.15. The number of thiophene rings is 1. The van der Waals surface area contributed by atoms with Crippen LogP contribution in [-0.2, 0) is 0 Å². The largest absolute Gasteiger partial charge is 0.309 e. The highest BCUT2D eigenvalue weighted by Gasteiger charge is 2.21. The van der Waals surface area contributed by atoms with E-state index in [1.165, 1.54) is 91.7 Å². The van der Waals surface area contributed by atoms with Gasteiger partial charge in [-0.1, -0.05) is 127 Å². The number of para-hydroxylation sites is 2. The first-order valence-electron chi connectivity index (χ1n) is 17.4. The molecule has 0 amide bonds. The van der Waals surface area contributed by atoms with Crippen LogP contribution in [0.25, 0.3) is 97.4 Å². The molecule has 0 fully saturated rings. The van der Waals surface area contributed by atoms with Gasteiger partial charge in [0.1, 0.15) is 0 Å². The van der Waals surface area contributed by atoms with Crippen LogP contribution >= 0.6 is 11.3 Å². The van der Waals surface area contributed by atoms with Crippen molar-refractivity contribution in [1.29, 1.82) is 0 Å². The molecule has 11 aromatic rings. The predicted octanol–water partition coefficient (Wildman–Crippen LogP) is 13.6. The second-order valence-electron chi connectivity index (χ2n) is 13.3. The summed E-state index contributed by atoms with van der Waals surface area (Å²) < 4.78 is 7.57. The molecular formula is C48H30N2S. The summed E-state index contributed by atoms with van der Waals surface area (Å²) in [6, 6.07) is 66.5. The third kappa shape index (κ3) is 4.22. The summed E-state index contributed by atoms with van der Waals surface area (Å²) in [5.74, 6) is 0. The minimum atomic E-state index is 1.15. The Morgan fingerprint density at radius 2 is 0.863 bits per heavy atom. The lowest BCUT2D eigenvalue weighted by Crippen LogP contribution is -1.95. The minimum Gasteiger partial charge on any atom is -0.309 e. The van der Waals surface area contributed by atoms with Gasteiger partial charge in [-0.15, -0.1) is 11.3 Å². The molecule has 0 aliphatic rings. The average molecular weight is 667 g/mol. The lowest BCUT2D eigenvalue weighted by atomic mass is 9.99. The van der Waals surface area contributed by atoms with Crippen molar-refractivity contribution in [1.82, 2.24) is 9.13 Å². The number of aromatic nitrogens is 2. The van der Waals surface area contributed by atoms with Gasteiger partial charge in [0.15, 0.2) is 0 Å². The third-order valence-electron chi connectivity index (χ3n) is 10.5. The number of fused-ring (bicyclic) bond motifs is 10. The van der Waals surface area contributed by atoms with E-state index in [-0.39, 0.29) is 0 Å².